The van der Waals surface area contributed by atoms with Gasteiger partial charge in [-0.3, -0.25) is 9.98 Å². The average molecular weight is 466 g/mol. The second-order valence-corrected chi connectivity index (χ2v) is 5.04. The van der Waals surface area contributed by atoms with Gasteiger partial charge in [-0.05, 0) is 49.9 Å². The number of aryl methyl sites for hydroxylation is 4. The molecule has 23 heavy (non-hydrogen) atoms. The Labute approximate surface area is 157 Å². The molecule has 0 aliphatic rings. The standard InChI is InChI=1S/C18H20N2.CH3.BrH.Pd/c1-13-7-5-8-14(2)17(13)19-11-12-20-18-15(3)9-6-10-16(18)4;;;/h5-12H,1-4H3;1H3;1H;/q;-1;;+2/p-1. The number of aliphatic imine (C=N–C) groups is 2. The summed E-state index contributed by atoms with van der Waals surface area (Å²) in [5, 5.41) is 0. The summed E-state index contributed by atoms with van der Waals surface area (Å²) < 4.78 is 0. The summed E-state index contributed by atoms with van der Waals surface area (Å²) >= 11 is 5.35. The number of rotatable bonds is 3. The molecule has 0 saturated heterocycles. The van der Waals surface area contributed by atoms with E-state index in [0.29, 0.717) is 0 Å². The molecule has 0 aromatic heterocycles. The van der Waals surface area contributed by atoms with Gasteiger partial charge < -0.3 is 7.43 Å². The van der Waals surface area contributed by atoms with E-state index in [0.717, 1.165) is 11.4 Å². The van der Waals surface area contributed by atoms with Crippen molar-refractivity contribution in [2.45, 2.75) is 27.7 Å². The van der Waals surface area contributed by atoms with Crippen molar-refractivity contribution in [2.24, 2.45) is 9.98 Å². The summed E-state index contributed by atoms with van der Waals surface area (Å²) in [6.45, 7) is 8.29. The van der Waals surface area contributed by atoms with Gasteiger partial charge in [0, 0.05) is 12.4 Å². The van der Waals surface area contributed by atoms with E-state index in [2.05, 4.69) is 105 Å². The van der Waals surface area contributed by atoms with Crippen LogP contribution in [-0.2, 0) is 17.2 Å². The monoisotopic (exact) mass is 464 g/mol. The van der Waals surface area contributed by atoms with Crippen LogP contribution in [-0.4, -0.2) is 12.4 Å². The van der Waals surface area contributed by atoms with Gasteiger partial charge in [0.1, 0.15) is 0 Å². The van der Waals surface area contributed by atoms with E-state index >= 15 is 0 Å². The zero-order valence-electron chi connectivity index (χ0n) is 14.2. The Morgan fingerprint density at radius 2 is 0.957 bits per heavy atom. The first-order chi connectivity index (χ1) is 10.6. The minimum Gasteiger partial charge on any atom is -0.358 e. The average Bonchev–Trinajstić information content (AvgIpc) is 2.50. The number of hydrogen-bond acceptors (Lipinski definition) is 2. The third kappa shape index (κ3) is 6.51. The Morgan fingerprint density at radius 1 is 0.696 bits per heavy atom. The molecule has 126 valence electrons. The van der Waals surface area contributed by atoms with E-state index in [4.69, 9.17) is 0 Å². The molecule has 2 rings (SSSR count). The molecule has 0 heterocycles. The first-order valence-corrected chi connectivity index (χ1v) is 10.5. The molecular weight excluding hydrogens is 443 g/mol. The molecule has 4 heteroatoms. The van der Waals surface area contributed by atoms with Gasteiger partial charge in [-0.25, -0.2) is 0 Å². The minimum absolute atomic E-state index is 0. The van der Waals surface area contributed by atoms with Crippen molar-refractivity contribution in [1.29, 1.82) is 0 Å². The fraction of sp³-hybridized carbons (Fsp3) is 0.211. The Bertz CT molecular complexity index is 579. The van der Waals surface area contributed by atoms with Gasteiger partial charge in [0.2, 0.25) is 0 Å². The van der Waals surface area contributed by atoms with Gasteiger partial charge in [-0.1, -0.05) is 36.4 Å². The topological polar surface area (TPSA) is 24.7 Å². The Kier molecular flexibility index (Phi) is 10.9. The summed E-state index contributed by atoms with van der Waals surface area (Å²) in [6.07, 6.45) is 3.53. The second kappa shape index (κ2) is 11.5. The van der Waals surface area contributed by atoms with Crippen LogP contribution >= 0.6 is 13.4 Å². The van der Waals surface area contributed by atoms with E-state index in [1.54, 1.807) is 12.4 Å². The third-order valence-corrected chi connectivity index (χ3v) is 3.35. The summed E-state index contributed by atoms with van der Waals surface area (Å²) in [5.74, 6) is 0. The summed E-state index contributed by atoms with van der Waals surface area (Å²) in [5.41, 5.74) is 6.79. The van der Waals surface area contributed by atoms with Crippen LogP contribution in [0.3, 0.4) is 0 Å². The fourth-order valence-corrected chi connectivity index (χ4v) is 2.23. The van der Waals surface area contributed by atoms with Gasteiger partial charge in [0.05, 0.1) is 11.4 Å². The Hall–Kier alpha value is -1.08. The molecule has 0 radical (unpaired) electrons. The van der Waals surface area contributed by atoms with E-state index in [-0.39, 0.29) is 7.43 Å². The largest absolute Gasteiger partial charge is 0.358 e. The first kappa shape index (κ1) is 21.9. The van der Waals surface area contributed by atoms with Crippen molar-refractivity contribution in [3.63, 3.8) is 0 Å². The number of para-hydroxylation sites is 2. The zero-order valence-corrected chi connectivity index (χ0v) is 17.3. The van der Waals surface area contributed by atoms with Gasteiger partial charge in [-0.15, -0.1) is 0 Å². The van der Waals surface area contributed by atoms with Crippen LogP contribution in [0, 0.1) is 35.1 Å². The third-order valence-electron chi connectivity index (χ3n) is 3.35. The number of nitrogens with zero attached hydrogens (tertiary/aromatic N) is 2. The van der Waals surface area contributed by atoms with Crippen LogP contribution in [0.25, 0.3) is 0 Å². The maximum atomic E-state index is 4.51. The summed E-state index contributed by atoms with van der Waals surface area (Å²) in [4.78, 5) is 9.01. The fourth-order valence-electron chi connectivity index (χ4n) is 2.23. The van der Waals surface area contributed by atoms with E-state index in [9.17, 15) is 0 Å². The summed E-state index contributed by atoms with van der Waals surface area (Å²) in [6, 6.07) is 12.4. The van der Waals surface area contributed by atoms with Gasteiger partial charge in [0.25, 0.3) is 0 Å². The molecular formula is C19H23BrN2Pd. The van der Waals surface area contributed by atoms with Crippen molar-refractivity contribution in [3.8, 4) is 0 Å². The normalized spacial score (nSPS) is 10.4. The van der Waals surface area contributed by atoms with Crippen molar-refractivity contribution < 1.29 is 17.2 Å². The number of halogens is 1. The van der Waals surface area contributed by atoms with E-state index in [1.807, 2.05) is 0 Å². The van der Waals surface area contributed by atoms with Crippen LogP contribution in [0.4, 0.5) is 11.4 Å². The van der Waals surface area contributed by atoms with E-state index < -0.39 is 0 Å². The molecule has 0 bridgehead atoms. The SMILES string of the molecule is Cc1cccc(C)c1N=CC=Nc1c(C)cccc1C.[Br][Pd+].[CH3-]. The van der Waals surface area contributed by atoms with Crippen LogP contribution in [0.15, 0.2) is 46.4 Å². The second-order valence-electron chi connectivity index (χ2n) is 5.04. The number of hydrogen-bond donors (Lipinski definition) is 0. The van der Waals surface area contributed by atoms with Crippen LogP contribution in [0.5, 0.6) is 0 Å². The predicted molar refractivity (Wildman–Crippen MR) is 103 cm³/mol. The first-order valence-electron chi connectivity index (χ1n) is 6.90. The molecule has 0 atom stereocenters. The molecule has 0 aliphatic carbocycles. The quantitative estimate of drug-likeness (QED) is 0.288. The van der Waals surface area contributed by atoms with E-state index in [1.165, 1.54) is 22.3 Å². The zero-order chi connectivity index (χ0) is 16.5. The molecule has 0 spiro atoms. The molecule has 0 amide bonds. The van der Waals surface area contributed by atoms with Crippen LogP contribution < -0.4 is 0 Å². The molecule has 0 unspecified atom stereocenters. The number of benzene rings is 2. The molecule has 0 aliphatic heterocycles. The van der Waals surface area contributed by atoms with Crippen molar-refractivity contribution in [1.82, 2.24) is 0 Å². The Balaban J connectivity index is 0.00000155. The van der Waals surface area contributed by atoms with Crippen molar-refractivity contribution in [3.05, 3.63) is 66.1 Å². The predicted octanol–water partition coefficient (Wildman–Crippen LogP) is 6.32. The minimum atomic E-state index is 0. The Morgan fingerprint density at radius 3 is 1.22 bits per heavy atom. The van der Waals surface area contributed by atoms with Crippen molar-refractivity contribution >= 4 is 37.2 Å². The maximum absolute atomic E-state index is 4.51. The molecule has 2 nitrogen and oxygen atoms in total. The van der Waals surface area contributed by atoms with Gasteiger partial charge >= 0.3 is 30.6 Å². The van der Waals surface area contributed by atoms with Gasteiger partial charge in [-0.2, -0.15) is 0 Å². The maximum Gasteiger partial charge on any atom is -0.358 e. The molecule has 0 saturated carbocycles. The smallest absolute Gasteiger partial charge is 0.358 e. The molecule has 0 fully saturated rings. The molecule has 2 aromatic rings. The van der Waals surface area contributed by atoms with Crippen molar-refractivity contribution in [2.75, 3.05) is 0 Å². The molecule has 2 aromatic carbocycles. The molecule has 0 N–H and O–H groups in total. The summed E-state index contributed by atoms with van der Waals surface area (Å²) in [7, 11) is 0. The van der Waals surface area contributed by atoms with Crippen LogP contribution in [0.2, 0.25) is 0 Å². The van der Waals surface area contributed by atoms with Crippen LogP contribution in [0.1, 0.15) is 22.3 Å². The van der Waals surface area contributed by atoms with Gasteiger partial charge in [0.15, 0.2) is 0 Å².